The molecular weight excluding hydrogens is 754 g/mol. The molecular formula is C47H27F7N4. The van der Waals surface area contributed by atoms with Crippen LogP contribution < -0.4 is 0 Å². The highest BCUT2D eigenvalue weighted by Crippen LogP contribution is 2.42. The predicted octanol–water partition coefficient (Wildman–Crippen LogP) is 13.5. The van der Waals surface area contributed by atoms with Crippen LogP contribution in [0.2, 0.25) is 0 Å². The number of halogens is 7. The third-order valence-corrected chi connectivity index (χ3v) is 9.95. The molecule has 2 heterocycles. The Bertz CT molecular complexity index is 2880. The van der Waals surface area contributed by atoms with Crippen LogP contribution in [0.1, 0.15) is 11.1 Å². The van der Waals surface area contributed by atoms with Crippen molar-refractivity contribution in [3.8, 4) is 62.1 Å². The highest BCUT2D eigenvalue weighted by atomic mass is 19.4. The lowest BCUT2D eigenvalue weighted by Crippen LogP contribution is -2.11. The minimum absolute atomic E-state index is 0.122. The van der Waals surface area contributed by atoms with E-state index in [9.17, 15) is 30.7 Å². The van der Waals surface area contributed by atoms with E-state index in [1.54, 1.807) is 24.3 Å². The molecule has 9 aromatic rings. The first-order valence-electron chi connectivity index (χ1n) is 18.0. The molecule has 58 heavy (non-hydrogen) atoms. The van der Waals surface area contributed by atoms with Crippen molar-refractivity contribution in [1.29, 1.82) is 0 Å². The van der Waals surface area contributed by atoms with Gasteiger partial charge < -0.3 is 4.57 Å². The molecule has 9 rings (SSSR count). The molecule has 2 aromatic heterocycles. The quantitative estimate of drug-likeness (QED) is 0.158. The van der Waals surface area contributed by atoms with Crippen LogP contribution in [0.15, 0.2) is 164 Å². The fourth-order valence-electron chi connectivity index (χ4n) is 7.19. The van der Waals surface area contributed by atoms with E-state index in [0.29, 0.717) is 50.5 Å². The van der Waals surface area contributed by atoms with Crippen LogP contribution in [0.4, 0.5) is 30.7 Å². The molecule has 0 aliphatic carbocycles. The van der Waals surface area contributed by atoms with E-state index in [1.165, 1.54) is 18.2 Å². The smallest absolute Gasteiger partial charge is 0.308 e. The molecule has 0 spiro atoms. The Morgan fingerprint density at radius 3 is 1.48 bits per heavy atom. The summed E-state index contributed by atoms with van der Waals surface area (Å²) in [7, 11) is 0. The Balaban J connectivity index is 1.31. The van der Waals surface area contributed by atoms with E-state index in [4.69, 9.17) is 15.0 Å². The summed E-state index contributed by atoms with van der Waals surface area (Å²) in [6, 6.07) is 44.5. The Kier molecular flexibility index (Phi) is 8.88. The van der Waals surface area contributed by atoms with Crippen LogP contribution in [0.5, 0.6) is 0 Å². The summed E-state index contributed by atoms with van der Waals surface area (Å²) in [5.74, 6) is 0.821. The maximum Gasteiger partial charge on any atom is 0.416 e. The molecule has 0 N–H and O–H groups in total. The van der Waals surface area contributed by atoms with Gasteiger partial charge >= 0.3 is 12.4 Å². The zero-order valence-electron chi connectivity index (χ0n) is 30.0. The summed E-state index contributed by atoms with van der Waals surface area (Å²) < 4.78 is 99.4. The van der Waals surface area contributed by atoms with Crippen molar-refractivity contribution >= 4 is 21.8 Å². The lowest BCUT2D eigenvalue weighted by molar-refractivity contribution is -0.143. The number of nitrogens with zero attached hydrogens (tertiary/aromatic N) is 4. The largest absolute Gasteiger partial charge is 0.416 e. The topological polar surface area (TPSA) is 43.6 Å². The zero-order chi connectivity index (χ0) is 40.2. The Morgan fingerprint density at radius 2 is 0.879 bits per heavy atom. The fraction of sp³-hybridized carbons (Fsp3) is 0.0426. The minimum atomic E-state index is -5.00. The van der Waals surface area contributed by atoms with Crippen LogP contribution in [0.3, 0.4) is 0 Å². The van der Waals surface area contributed by atoms with Gasteiger partial charge in [-0.25, -0.2) is 19.3 Å². The Morgan fingerprint density at radius 1 is 0.379 bits per heavy atom. The zero-order valence-corrected chi connectivity index (χ0v) is 30.0. The second-order valence-corrected chi connectivity index (χ2v) is 13.7. The van der Waals surface area contributed by atoms with Gasteiger partial charge in [0.15, 0.2) is 17.5 Å². The van der Waals surface area contributed by atoms with Gasteiger partial charge in [-0.15, -0.1) is 0 Å². The van der Waals surface area contributed by atoms with Crippen molar-refractivity contribution in [3.05, 3.63) is 181 Å². The molecule has 7 aromatic carbocycles. The molecule has 0 aliphatic heterocycles. The summed E-state index contributed by atoms with van der Waals surface area (Å²) in [5, 5.41) is 1.29. The molecule has 0 aliphatic rings. The fourth-order valence-corrected chi connectivity index (χ4v) is 7.19. The summed E-state index contributed by atoms with van der Waals surface area (Å²) in [6.07, 6.45) is -10.0. The maximum absolute atomic E-state index is 14.1. The van der Waals surface area contributed by atoms with E-state index < -0.39 is 29.3 Å². The van der Waals surface area contributed by atoms with Crippen molar-refractivity contribution in [2.45, 2.75) is 12.4 Å². The summed E-state index contributed by atoms with van der Waals surface area (Å²) in [6.45, 7) is 0. The lowest BCUT2D eigenvalue weighted by Gasteiger charge is -2.17. The molecule has 284 valence electrons. The molecule has 0 fully saturated rings. The molecule has 0 bridgehead atoms. The molecule has 4 nitrogen and oxygen atoms in total. The van der Waals surface area contributed by atoms with E-state index >= 15 is 0 Å². The van der Waals surface area contributed by atoms with Gasteiger partial charge in [0.25, 0.3) is 0 Å². The van der Waals surface area contributed by atoms with Crippen LogP contribution in [0.25, 0.3) is 83.9 Å². The van der Waals surface area contributed by atoms with Crippen molar-refractivity contribution < 1.29 is 30.7 Å². The average molecular weight is 781 g/mol. The van der Waals surface area contributed by atoms with Crippen molar-refractivity contribution in [2.75, 3.05) is 0 Å². The summed E-state index contributed by atoms with van der Waals surface area (Å²) in [5.41, 5.74) is 2.67. The van der Waals surface area contributed by atoms with Crippen LogP contribution in [-0.4, -0.2) is 19.5 Å². The van der Waals surface area contributed by atoms with Crippen molar-refractivity contribution in [2.24, 2.45) is 0 Å². The van der Waals surface area contributed by atoms with Gasteiger partial charge in [0.2, 0.25) is 0 Å². The second kappa shape index (κ2) is 14.1. The Hall–Kier alpha value is -7.14. The number of rotatable bonds is 6. The molecule has 0 amide bonds. The standard InChI is InChI=1S/C47H27F7N4/c48-36-19-15-28(16-20-36)32-17-21-38(45-56-43(29-9-3-1-4-10-29)55-44(57-45)30-11-5-2-6-12-30)42(26-32)58-40-14-8-7-13-37(40)39-25-31(18-22-41(39)58)33-23-34(46(49,50)51)27-35(24-33)47(52,53)54/h1-27H. The van der Waals surface area contributed by atoms with Gasteiger partial charge in [-0.2, -0.15) is 26.3 Å². The number of benzene rings is 7. The first-order valence-corrected chi connectivity index (χ1v) is 18.0. The van der Waals surface area contributed by atoms with Crippen LogP contribution in [-0.2, 0) is 12.4 Å². The normalized spacial score (nSPS) is 12.1. The SMILES string of the molecule is Fc1ccc(-c2ccc(-c3nc(-c4ccccc4)nc(-c4ccccc4)n3)c(-n3c4ccccc4c4cc(-c5cc(C(F)(F)F)cc(C(F)(F)F)c5)ccc43)c2)cc1. The first kappa shape index (κ1) is 36.5. The van der Waals surface area contributed by atoms with E-state index in [2.05, 4.69) is 0 Å². The molecule has 11 heteroatoms. The number of para-hydroxylation sites is 1. The third-order valence-electron chi connectivity index (χ3n) is 9.95. The van der Waals surface area contributed by atoms with Crippen LogP contribution >= 0.6 is 0 Å². The van der Waals surface area contributed by atoms with Gasteiger partial charge in [-0.05, 0) is 82.9 Å². The molecule has 0 saturated heterocycles. The van der Waals surface area contributed by atoms with E-state index in [-0.39, 0.29) is 17.2 Å². The maximum atomic E-state index is 14.1. The van der Waals surface area contributed by atoms with Crippen LogP contribution in [0, 0.1) is 5.82 Å². The molecule has 0 radical (unpaired) electrons. The molecule has 0 atom stereocenters. The average Bonchev–Trinajstić information content (AvgIpc) is 3.57. The number of aromatic nitrogens is 4. The second-order valence-electron chi connectivity index (χ2n) is 13.7. The van der Waals surface area contributed by atoms with Gasteiger partial charge in [-0.1, -0.05) is 103 Å². The van der Waals surface area contributed by atoms with Gasteiger partial charge in [0, 0.05) is 27.5 Å². The predicted molar refractivity (Wildman–Crippen MR) is 211 cm³/mol. The van der Waals surface area contributed by atoms with Gasteiger partial charge in [0.1, 0.15) is 5.82 Å². The number of alkyl halides is 6. The van der Waals surface area contributed by atoms with Gasteiger partial charge in [-0.3, -0.25) is 0 Å². The third kappa shape index (κ3) is 6.85. The number of fused-ring (bicyclic) bond motifs is 3. The minimum Gasteiger partial charge on any atom is -0.308 e. The summed E-state index contributed by atoms with van der Waals surface area (Å²) >= 11 is 0. The monoisotopic (exact) mass is 780 g/mol. The Labute approximate surface area is 326 Å². The molecule has 0 unspecified atom stereocenters. The number of hydrogen-bond donors (Lipinski definition) is 0. The van der Waals surface area contributed by atoms with Crippen molar-refractivity contribution in [3.63, 3.8) is 0 Å². The van der Waals surface area contributed by atoms with Gasteiger partial charge in [0.05, 0.1) is 27.8 Å². The molecule has 0 saturated carbocycles. The van der Waals surface area contributed by atoms with E-state index in [1.807, 2.05) is 108 Å². The van der Waals surface area contributed by atoms with E-state index in [0.717, 1.165) is 34.4 Å². The first-order chi connectivity index (χ1) is 27.9. The lowest BCUT2D eigenvalue weighted by atomic mass is 9.97. The highest BCUT2D eigenvalue weighted by molar-refractivity contribution is 6.11. The number of hydrogen-bond acceptors (Lipinski definition) is 3. The van der Waals surface area contributed by atoms with Crippen molar-refractivity contribution in [1.82, 2.24) is 19.5 Å². The summed E-state index contributed by atoms with van der Waals surface area (Å²) in [4.78, 5) is 14.8. The highest BCUT2D eigenvalue weighted by Gasteiger charge is 2.37.